The average Bonchev–Trinajstić information content (AvgIpc) is 3.17. The van der Waals surface area contributed by atoms with Crippen LogP contribution in [0.4, 0.5) is 5.69 Å². The number of nitrogens with one attached hydrogen (secondary N) is 1. The molecule has 8 heteroatoms. The van der Waals surface area contributed by atoms with Crippen molar-refractivity contribution in [2.45, 2.75) is 89.3 Å². The number of rotatable bonds is 11. The molecule has 1 aliphatic heterocycles. The van der Waals surface area contributed by atoms with Crippen LogP contribution < -0.4 is 5.32 Å². The van der Waals surface area contributed by atoms with Gasteiger partial charge in [0.2, 0.25) is 0 Å². The molecule has 1 saturated carbocycles. The van der Waals surface area contributed by atoms with Gasteiger partial charge in [0.1, 0.15) is 0 Å². The second-order valence-corrected chi connectivity index (χ2v) is 11.0. The molecular formula is C27H40ClN3O4. The minimum atomic E-state index is -1.30. The van der Waals surface area contributed by atoms with Crippen molar-refractivity contribution in [1.82, 2.24) is 4.90 Å². The number of carboxylic acids is 1. The summed E-state index contributed by atoms with van der Waals surface area (Å²) in [6, 6.07) is 7.58. The highest BCUT2D eigenvalue weighted by Crippen LogP contribution is 2.42. The van der Waals surface area contributed by atoms with Crippen LogP contribution in [-0.2, 0) is 14.3 Å². The van der Waals surface area contributed by atoms with Crippen molar-refractivity contribution in [2.75, 3.05) is 19.0 Å². The Kier molecular flexibility index (Phi) is 9.08. The number of hydrogen-bond acceptors (Lipinski definition) is 6. The van der Waals surface area contributed by atoms with Crippen LogP contribution in [0.5, 0.6) is 0 Å². The summed E-state index contributed by atoms with van der Waals surface area (Å²) in [4.78, 5) is 30.9. The molecule has 0 bridgehead atoms. The Morgan fingerprint density at radius 1 is 1.23 bits per heavy atom. The number of anilines is 1. The first kappa shape index (κ1) is 27.3. The van der Waals surface area contributed by atoms with Crippen molar-refractivity contribution >= 4 is 35.6 Å². The Morgan fingerprint density at radius 2 is 1.89 bits per heavy atom. The Hall–Kier alpha value is -2.28. The summed E-state index contributed by atoms with van der Waals surface area (Å²) in [6.45, 7) is 7.35. The monoisotopic (exact) mass is 505 g/mol. The standard InChI is InChI=1S/C27H40ClN3O4/c1-5-16-31-18-29-27(25(33)34,15-14-24(32)35-4)23(31)17-19-6-8-20(9-7-19)26(2,3)30-22-12-10-21(28)11-13-22/h10-13,18-20,23,30H,5-9,14-17H2,1-4H3,(H,33,34). The number of carbonyl (C=O) groups excluding carboxylic acids is 1. The molecule has 2 unspecified atom stereocenters. The van der Waals surface area contributed by atoms with Gasteiger partial charge in [0.15, 0.2) is 5.54 Å². The van der Waals surface area contributed by atoms with E-state index in [9.17, 15) is 14.7 Å². The highest BCUT2D eigenvalue weighted by atomic mass is 35.5. The molecule has 1 aliphatic carbocycles. The lowest BCUT2D eigenvalue weighted by atomic mass is 9.70. The van der Waals surface area contributed by atoms with Crippen molar-refractivity contribution < 1.29 is 19.4 Å². The van der Waals surface area contributed by atoms with Crippen LogP contribution in [0.1, 0.15) is 72.1 Å². The van der Waals surface area contributed by atoms with Crippen LogP contribution in [0.25, 0.3) is 0 Å². The number of methoxy groups -OCH3 is 1. The Labute approximate surface area is 214 Å². The van der Waals surface area contributed by atoms with Crippen molar-refractivity contribution in [1.29, 1.82) is 0 Å². The molecular weight excluding hydrogens is 466 g/mol. The van der Waals surface area contributed by atoms with Crippen LogP contribution in [0.3, 0.4) is 0 Å². The summed E-state index contributed by atoms with van der Waals surface area (Å²) in [5.74, 6) is -0.405. The normalized spacial score (nSPS) is 26.5. The number of ether oxygens (including phenoxy) is 1. The lowest BCUT2D eigenvalue weighted by Gasteiger charge is -2.42. The number of aliphatic imine (C=N–C) groups is 1. The van der Waals surface area contributed by atoms with E-state index in [2.05, 4.69) is 36.0 Å². The molecule has 3 rings (SSSR count). The number of esters is 1. The van der Waals surface area contributed by atoms with E-state index in [0.717, 1.165) is 55.8 Å². The molecule has 35 heavy (non-hydrogen) atoms. The fourth-order valence-corrected chi connectivity index (χ4v) is 5.92. The van der Waals surface area contributed by atoms with E-state index in [0.29, 0.717) is 11.8 Å². The van der Waals surface area contributed by atoms with Gasteiger partial charge in [-0.15, -0.1) is 0 Å². The number of aliphatic carboxylic acids is 1. The SMILES string of the molecule is CCCN1C=NC(CCC(=O)OC)(C(=O)O)C1CC1CCC(C(C)(C)Nc2ccc(Cl)cc2)CC1. The summed E-state index contributed by atoms with van der Waals surface area (Å²) in [5, 5.41) is 14.6. The van der Waals surface area contributed by atoms with Gasteiger partial charge in [-0.3, -0.25) is 9.79 Å². The van der Waals surface area contributed by atoms with Crippen molar-refractivity contribution in [2.24, 2.45) is 16.8 Å². The highest BCUT2D eigenvalue weighted by Gasteiger charge is 2.52. The number of hydrogen-bond donors (Lipinski definition) is 2. The zero-order chi connectivity index (χ0) is 25.6. The zero-order valence-corrected chi connectivity index (χ0v) is 22.2. The number of nitrogens with zero attached hydrogens (tertiary/aromatic N) is 2. The van der Waals surface area contributed by atoms with Crippen molar-refractivity contribution in [3.05, 3.63) is 29.3 Å². The molecule has 0 saturated heterocycles. The summed E-state index contributed by atoms with van der Waals surface area (Å²) >= 11 is 6.03. The van der Waals surface area contributed by atoms with Crippen LogP contribution in [0, 0.1) is 11.8 Å². The lowest BCUT2D eigenvalue weighted by Crippen LogP contribution is -2.52. The quantitative estimate of drug-likeness (QED) is 0.379. The van der Waals surface area contributed by atoms with E-state index in [1.807, 2.05) is 24.3 Å². The molecule has 0 aromatic heterocycles. The topological polar surface area (TPSA) is 91.2 Å². The number of halogens is 1. The largest absolute Gasteiger partial charge is 0.479 e. The molecule has 1 fully saturated rings. The van der Waals surface area contributed by atoms with Gasteiger partial charge >= 0.3 is 11.9 Å². The van der Waals surface area contributed by atoms with Crippen LogP contribution >= 0.6 is 11.6 Å². The third-order valence-electron chi connectivity index (χ3n) is 7.91. The molecule has 0 spiro atoms. The third-order valence-corrected chi connectivity index (χ3v) is 8.16. The third kappa shape index (κ3) is 6.49. The van der Waals surface area contributed by atoms with E-state index in [4.69, 9.17) is 16.3 Å². The summed E-state index contributed by atoms with van der Waals surface area (Å²) in [7, 11) is 1.33. The number of carboxylic acid groups (broad SMARTS) is 1. The molecule has 1 aromatic carbocycles. The molecule has 0 amide bonds. The van der Waals surface area contributed by atoms with Gasteiger partial charge < -0.3 is 20.1 Å². The first-order chi connectivity index (χ1) is 16.6. The van der Waals surface area contributed by atoms with Gasteiger partial charge in [-0.05, 0) is 82.1 Å². The van der Waals surface area contributed by atoms with Gasteiger partial charge in [-0.1, -0.05) is 31.4 Å². The van der Waals surface area contributed by atoms with Gasteiger partial charge in [0.25, 0.3) is 0 Å². The first-order valence-corrected chi connectivity index (χ1v) is 13.1. The molecule has 1 aromatic rings. The minimum absolute atomic E-state index is 0.0495. The fourth-order valence-electron chi connectivity index (χ4n) is 5.79. The molecule has 2 aliphatic rings. The van der Waals surface area contributed by atoms with Gasteiger partial charge in [-0.25, -0.2) is 4.79 Å². The molecule has 0 radical (unpaired) electrons. The van der Waals surface area contributed by atoms with Gasteiger partial charge in [0.05, 0.1) is 19.5 Å². The number of carbonyl (C=O) groups is 2. The lowest BCUT2D eigenvalue weighted by molar-refractivity contribution is -0.147. The predicted molar refractivity (Wildman–Crippen MR) is 140 cm³/mol. The summed E-state index contributed by atoms with van der Waals surface area (Å²) in [6.07, 6.45) is 7.86. The van der Waals surface area contributed by atoms with E-state index >= 15 is 0 Å². The van der Waals surface area contributed by atoms with E-state index in [-0.39, 0.29) is 24.4 Å². The van der Waals surface area contributed by atoms with Crippen LogP contribution in [0.2, 0.25) is 5.02 Å². The molecule has 7 nitrogen and oxygen atoms in total. The van der Waals surface area contributed by atoms with Crippen LogP contribution in [0.15, 0.2) is 29.3 Å². The average molecular weight is 506 g/mol. The minimum Gasteiger partial charge on any atom is -0.479 e. The van der Waals surface area contributed by atoms with Gasteiger partial charge in [0, 0.05) is 29.2 Å². The Morgan fingerprint density at radius 3 is 2.46 bits per heavy atom. The molecule has 2 atom stereocenters. The van der Waals surface area contributed by atoms with Crippen molar-refractivity contribution in [3.63, 3.8) is 0 Å². The van der Waals surface area contributed by atoms with E-state index in [1.165, 1.54) is 7.11 Å². The maximum atomic E-state index is 12.5. The molecule has 2 N–H and O–H groups in total. The summed E-state index contributed by atoms with van der Waals surface area (Å²) < 4.78 is 4.78. The smallest absolute Gasteiger partial charge is 0.333 e. The second kappa shape index (κ2) is 11.6. The highest BCUT2D eigenvalue weighted by molar-refractivity contribution is 6.30. The number of benzene rings is 1. The predicted octanol–water partition coefficient (Wildman–Crippen LogP) is 5.63. The maximum absolute atomic E-state index is 12.5. The zero-order valence-electron chi connectivity index (χ0n) is 21.4. The first-order valence-electron chi connectivity index (χ1n) is 12.8. The van der Waals surface area contributed by atoms with E-state index in [1.54, 1.807) is 6.34 Å². The fraction of sp³-hybridized carbons (Fsp3) is 0.667. The summed E-state index contributed by atoms with van der Waals surface area (Å²) in [5.41, 5.74) is -0.290. The van der Waals surface area contributed by atoms with Crippen LogP contribution in [-0.4, -0.2) is 59.1 Å². The second-order valence-electron chi connectivity index (χ2n) is 10.6. The molecule has 194 valence electrons. The molecule has 1 heterocycles. The van der Waals surface area contributed by atoms with Gasteiger partial charge in [-0.2, -0.15) is 0 Å². The Balaban J connectivity index is 1.66. The van der Waals surface area contributed by atoms with E-state index < -0.39 is 17.5 Å². The Bertz CT molecular complexity index is 896. The maximum Gasteiger partial charge on any atom is 0.333 e. The van der Waals surface area contributed by atoms with Crippen molar-refractivity contribution in [3.8, 4) is 0 Å².